The van der Waals surface area contributed by atoms with E-state index >= 15 is 0 Å². The van der Waals surface area contributed by atoms with Crippen molar-refractivity contribution in [2.45, 2.75) is 19.4 Å². The zero-order valence-corrected chi connectivity index (χ0v) is 14.1. The minimum Gasteiger partial charge on any atom is -0.507 e. The highest BCUT2D eigenvalue weighted by atomic mass is 16.5. The highest BCUT2D eigenvalue weighted by Gasteiger charge is 2.14. The Bertz CT molecular complexity index is 709. The lowest BCUT2D eigenvalue weighted by Gasteiger charge is -2.13. The van der Waals surface area contributed by atoms with Crippen molar-refractivity contribution in [2.75, 3.05) is 13.2 Å². The first-order valence-corrected chi connectivity index (χ1v) is 8.12. The maximum absolute atomic E-state index is 12.4. The molecule has 5 heteroatoms. The number of ketones is 1. The number of ether oxygens (including phenoxy) is 2. The molecule has 1 unspecified atom stereocenters. The van der Waals surface area contributed by atoms with E-state index in [0.29, 0.717) is 11.3 Å². The Morgan fingerprint density at radius 3 is 2.60 bits per heavy atom. The predicted molar refractivity (Wildman–Crippen MR) is 94.9 cm³/mol. The second kappa shape index (κ2) is 9.49. The van der Waals surface area contributed by atoms with Crippen LogP contribution < -0.4 is 4.74 Å². The molecule has 2 aromatic carbocycles. The van der Waals surface area contributed by atoms with Gasteiger partial charge in [0.05, 0.1) is 11.8 Å². The van der Waals surface area contributed by atoms with Crippen molar-refractivity contribution in [1.29, 1.82) is 0 Å². The summed E-state index contributed by atoms with van der Waals surface area (Å²) >= 11 is 0. The van der Waals surface area contributed by atoms with E-state index in [1.807, 2.05) is 19.1 Å². The number of carbonyl (C=O) groups excluding carboxylic acids is 1. The van der Waals surface area contributed by atoms with Crippen LogP contribution in [0.3, 0.4) is 0 Å². The maximum Gasteiger partial charge on any atom is 0.196 e. The van der Waals surface area contributed by atoms with Crippen LogP contribution in [0.4, 0.5) is 0 Å². The number of allylic oxidation sites excluding steroid dienone is 1. The van der Waals surface area contributed by atoms with Gasteiger partial charge >= 0.3 is 0 Å². The number of phenolic OH excluding ortho intramolecular Hbond substituents is 1. The van der Waals surface area contributed by atoms with Crippen molar-refractivity contribution >= 4 is 5.78 Å². The van der Waals surface area contributed by atoms with Gasteiger partial charge in [0, 0.05) is 11.6 Å². The number of rotatable bonds is 9. The van der Waals surface area contributed by atoms with Crippen LogP contribution in [0.15, 0.2) is 60.9 Å². The normalized spacial score (nSPS) is 12.1. The average molecular weight is 342 g/mol. The Balaban J connectivity index is 1.93. The van der Waals surface area contributed by atoms with Crippen LogP contribution in [0.2, 0.25) is 0 Å². The van der Waals surface area contributed by atoms with Crippen LogP contribution in [0.25, 0.3) is 0 Å². The Morgan fingerprint density at radius 2 is 1.92 bits per heavy atom. The molecular weight excluding hydrogens is 320 g/mol. The summed E-state index contributed by atoms with van der Waals surface area (Å²) in [5.74, 6) is -0.0611. The third-order valence-corrected chi connectivity index (χ3v) is 3.41. The van der Waals surface area contributed by atoms with Crippen LogP contribution in [0.5, 0.6) is 11.5 Å². The molecule has 2 aromatic rings. The number of aliphatic hydroxyl groups is 1. The van der Waals surface area contributed by atoms with E-state index in [-0.39, 0.29) is 30.3 Å². The lowest BCUT2D eigenvalue weighted by atomic mass is 10.0. The van der Waals surface area contributed by atoms with Crippen molar-refractivity contribution < 1.29 is 24.5 Å². The zero-order chi connectivity index (χ0) is 18.1. The van der Waals surface area contributed by atoms with Gasteiger partial charge in [0.15, 0.2) is 5.78 Å². The summed E-state index contributed by atoms with van der Waals surface area (Å²) in [6.07, 6.45) is 3.45. The number of hydrogen-bond donors (Lipinski definition) is 2. The molecule has 0 heterocycles. The summed E-state index contributed by atoms with van der Waals surface area (Å²) in [5, 5.41) is 19.9. The molecule has 5 nitrogen and oxygen atoms in total. The van der Waals surface area contributed by atoms with E-state index in [0.717, 1.165) is 6.42 Å². The molecule has 0 aliphatic rings. The van der Waals surface area contributed by atoms with Gasteiger partial charge in [-0.1, -0.05) is 43.3 Å². The van der Waals surface area contributed by atoms with E-state index in [2.05, 4.69) is 0 Å². The lowest BCUT2D eigenvalue weighted by molar-refractivity contribution is 0.0462. The molecule has 0 aromatic heterocycles. The second-order valence-electron chi connectivity index (χ2n) is 5.45. The van der Waals surface area contributed by atoms with Gasteiger partial charge in [-0.2, -0.15) is 0 Å². The third kappa shape index (κ3) is 5.65. The summed E-state index contributed by atoms with van der Waals surface area (Å²) in [5.41, 5.74) is 0.700. The van der Waals surface area contributed by atoms with Crippen molar-refractivity contribution in [1.82, 2.24) is 0 Å². The predicted octanol–water partition coefficient (Wildman–Crippen LogP) is 3.30. The van der Waals surface area contributed by atoms with Crippen LogP contribution in [-0.2, 0) is 4.74 Å². The van der Waals surface area contributed by atoms with Gasteiger partial charge in [-0.05, 0) is 18.6 Å². The minimum absolute atomic E-state index is 0.0192. The summed E-state index contributed by atoms with van der Waals surface area (Å²) < 4.78 is 10.6. The molecule has 0 aliphatic heterocycles. The molecule has 0 fully saturated rings. The summed E-state index contributed by atoms with van der Waals surface area (Å²) in [6, 6.07) is 13.2. The van der Waals surface area contributed by atoms with Crippen LogP contribution >= 0.6 is 0 Å². The molecule has 0 amide bonds. The molecule has 132 valence electrons. The fraction of sp³-hybridized carbons (Fsp3) is 0.250. The molecule has 25 heavy (non-hydrogen) atoms. The third-order valence-electron chi connectivity index (χ3n) is 3.41. The van der Waals surface area contributed by atoms with E-state index in [9.17, 15) is 15.0 Å². The van der Waals surface area contributed by atoms with Gasteiger partial charge < -0.3 is 19.7 Å². The largest absolute Gasteiger partial charge is 0.507 e. The quantitative estimate of drug-likeness (QED) is 0.540. The van der Waals surface area contributed by atoms with Gasteiger partial charge in [0.25, 0.3) is 0 Å². The molecule has 0 saturated carbocycles. The smallest absolute Gasteiger partial charge is 0.196 e. The molecule has 2 N–H and O–H groups in total. The van der Waals surface area contributed by atoms with E-state index in [4.69, 9.17) is 9.47 Å². The van der Waals surface area contributed by atoms with Gasteiger partial charge in [0.1, 0.15) is 30.8 Å². The van der Waals surface area contributed by atoms with Crippen LogP contribution in [0, 0.1) is 0 Å². The summed E-state index contributed by atoms with van der Waals surface area (Å²) in [4.78, 5) is 12.4. The first-order valence-electron chi connectivity index (χ1n) is 8.12. The van der Waals surface area contributed by atoms with Crippen molar-refractivity contribution in [2.24, 2.45) is 0 Å². The average Bonchev–Trinajstić information content (AvgIpc) is 2.64. The molecule has 0 spiro atoms. The Kier molecular flexibility index (Phi) is 7.04. The number of hydrogen-bond acceptors (Lipinski definition) is 5. The van der Waals surface area contributed by atoms with Crippen molar-refractivity contribution in [3.63, 3.8) is 0 Å². The number of aromatic hydroxyl groups is 1. The topological polar surface area (TPSA) is 76.0 Å². The fourth-order valence-corrected chi connectivity index (χ4v) is 2.11. The first-order chi connectivity index (χ1) is 12.1. The van der Waals surface area contributed by atoms with Gasteiger partial charge in [0.2, 0.25) is 0 Å². The molecule has 0 saturated heterocycles. The van der Waals surface area contributed by atoms with Crippen molar-refractivity contribution in [3.05, 3.63) is 72.0 Å². The SMILES string of the molecule is CCC=COCC(O)COc1ccc(C(=O)c2ccccc2)c(O)c1. The van der Waals surface area contributed by atoms with Gasteiger partial charge in [-0.25, -0.2) is 0 Å². The Hall–Kier alpha value is -2.79. The molecular formula is C20H22O5. The highest BCUT2D eigenvalue weighted by Crippen LogP contribution is 2.26. The molecule has 1 atom stereocenters. The second-order valence-corrected chi connectivity index (χ2v) is 5.45. The van der Waals surface area contributed by atoms with E-state index in [1.165, 1.54) is 12.1 Å². The number of carbonyl (C=O) groups is 1. The molecule has 0 bridgehead atoms. The molecule has 2 rings (SSSR count). The minimum atomic E-state index is -0.797. The standard InChI is InChI=1S/C20H22O5/c1-2-3-11-24-13-16(21)14-25-17-9-10-18(19(22)12-17)20(23)15-7-5-4-6-8-15/h3-12,16,21-22H,2,13-14H2,1H3. The fourth-order valence-electron chi connectivity index (χ4n) is 2.11. The number of phenols is 1. The lowest BCUT2D eigenvalue weighted by Crippen LogP contribution is -2.22. The summed E-state index contributed by atoms with van der Waals surface area (Å²) in [6.45, 7) is 2.12. The van der Waals surface area contributed by atoms with Gasteiger partial charge in [-0.3, -0.25) is 4.79 Å². The summed E-state index contributed by atoms with van der Waals surface area (Å²) in [7, 11) is 0. The van der Waals surface area contributed by atoms with Crippen LogP contribution in [-0.4, -0.2) is 35.3 Å². The molecule has 0 radical (unpaired) electrons. The maximum atomic E-state index is 12.4. The van der Waals surface area contributed by atoms with Gasteiger partial charge in [-0.15, -0.1) is 0 Å². The number of benzene rings is 2. The van der Waals surface area contributed by atoms with E-state index < -0.39 is 6.10 Å². The Labute approximate surface area is 147 Å². The van der Waals surface area contributed by atoms with Crippen LogP contribution in [0.1, 0.15) is 29.3 Å². The zero-order valence-electron chi connectivity index (χ0n) is 14.1. The Morgan fingerprint density at radius 1 is 1.16 bits per heavy atom. The van der Waals surface area contributed by atoms with Crippen molar-refractivity contribution in [3.8, 4) is 11.5 Å². The molecule has 0 aliphatic carbocycles. The van der Waals surface area contributed by atoms with E-state index in [1.54, 1.807) is 36.6 Å². The monoisotopic (exact) mass is 342 g/mol. The number of aliphatic hydroxyl groups excluding tert-OH is 1. The highest BCUT2D eigenvalue weighted by molar-refractivity contribution is 6.10. The first kappa shape index (κ1) is 18.5.